The van der Waals surface area contributed by atoms with Gasteiger partial charge in [0.05, 0.1) is 23.6 Å². The smallest absolute Gasteiger partial charge is 0.413 e. The normalized spacial score (nSPS) is 14.7. The topological polar surface area (TPSA) is 119 Å². The molecule has 1 fully saturated rings. The number of halogens is 1. The largest absolute Gasteiger partial charge is 0.441 e. The number of sulfonamides is 1. The molecule has 0 saturated heterocycles. The first-order valence-corrected chi connectivity index (χ1v) is 14.8. The van der Waals surface area contributed by atoms with E-state index in [1.807, 2.05) is 78.9 Å². The van der Waals surface area contributed by atoms with Gasteiger partial charge < -0.3 is 4.74 Å². The van der Waals surface area contributed by atoms with Crippen LogP contribution < -0.4 is 10.0 Å². The predicted molar refractivity (Wildman–Crippen MR) is 153 cm³/mol. The van der Waals surface area contributed by atoms with Crippen molar-refractivity contribution in [3.63, 3.8) is 0 Å². The van der Waals surface area contributed by atoms with Crippen LogP contribution in [0, 0.1) is 0 Å². The Morgan fingerprint density at radius 1 is 0.975 bits per heavy atom. The van der Waals surface area contributed by atoms with Crippen LogP contribution in [0.4, 0.5) is 10.6 Å². The zero-order valence-corrected chi connectivity index (χ0v) is 23.4. The zero-order valence-electron chi connectivity index (χ0n) is 21.8. The third-order valence-corrected chi connectivity index (χ3v) is 7.68. The van der Waals surface area contributed by atoms with E-state index in [1.165, 1.54) is 10.9 Å². The number of rotatable bonds is 8. The number of ether oxygens (including phenoxy) is 1. The average molecular weight is 579 g/mol. The van der Waals surface area contributed by atoms with E-state index in [1.54, 1.807) is 6.92 Å². The Hall–Kier alpha value is -4.15. The van der Waals surface area contributed by atoms with Crippen molar-refractivity contribution >= 4 is 39.4 Å². The van der Waals surface area contributed by atoms with Crippen LogP contribution in [-0.4, -0.2) is 36.5 Å². The molecule has 1 saturated carbocycles. The molecule has 0 aliphatic heterocycles. The van der Waals surface area contributed by atoms with Crippen molar-refractivity contribution in [2.24, 2.45) is 0 Å². The molecule has 2 N–H and O–H groups in total. The number of nitrogens with one attached hydrogen (secondary N) is 2. The first-order valence-electron chi connectivity index (χ1n) is 12.6. The third-order valence-electron chi connectivity index (χ3n) is 6.84. The molecule has 5 rings (SSSR count). The lowest BCUT2D eigenvalue weighted by atomic mass is 9.93. The number of hydrogen-bond acceptors (Lipinski definition) is 6. The van der Waals surface area contributed by atoms with Crippen molar-refractivity contribution in [1.82, 2.24) is 14.5 Å². The van der Waals surface area contributed by atoms with Gasteiger partial charge in [-0.25, -0.2) is 17.9 Å². The third kappa shape index (κ3) is 5.88. The summed E-state index contributed by atoms with van der Waals surface area (Å²) in [7, 11) is -3.62. The van der Waals surface area contributed by atoms with Crippen LogP contribution >= 0.6 is 11.6 Å². The lowest BCUT2D eigenvalue weighted by Gasteiger charge is -2.16. The Labute approximate surface area is 237 Å². The van der Waals surface area contributed by atoms with Gasteiger partial charge in [0.15, 0.2) is 5.82 Å². The van der Waals surface area contributed by atoms with Gasteiger partial charge in [-0.1, -0.05) is 78.3 Å². The first kappa shape index (κ1) is 27.4. The van der Waals surface area contributed by atoms with Gasteiger partial charge in [0.25, 0.3) is 0 Å². The van der Waals surface area contributed by atoms with Crippen molar-refractivity contribution in [1.29, 1.82) is 0 Å². The summed E-state index contributed by atoms with van der Waals surface area (Å²) in [4.78, 5) is 25.1. The van der Waals surface area contributed by atoms with E-state index >= 15 is 0 Å². The summed E-state index contributed by atoms with van der Waals surface area (Å²) < 4.78 is 32.2. The van der Waals surface area contributed by atoms with E-state index in [0.717, 1.165) is 28.5 Å². The van der Waals surface area contributed by atoms with Crippen LogP contribution in [-0.2, 0) is 25.0 Å². The fourth-order valence-electron chi connectivity index (χ4n) is 4.53. The van der Waals surface area contributed by atoms with Crippen molar-refractivity contribution in [2.45, 2.75) is 31.3 Å². The second-order valence-corrected chi connectivity index (χ2v) is 11.9. The minimum absolute atomic E-state index is 0.262. The molecule has 1 aromatic heterocycles. The summed E-state index contributed by atoms with van der Waals surface area (Å²) in [6.45, 7) is 1.79. The number of nitrogens with zero attached hydrogens (tertiary/aromatic N) is 2. The summed E-state index contributed by atoms with van der Waals surface area (Å²) in [5.41, 5.74) is 3.37. The van der Waals surface area contributed by atoms with Gasteiger partial charge in [0.2, 0.25) is 15.9 Å². The van der Waals surface area contributed by atoms with Crippen LogP contribution in [0.25, 0.3) is 16.8 Å². The van der Waals surface area contributed by atoms with Gasteiger partial charge >= 0.3 is 6.09 Å². The van der Waals surface area contributed by atoms with E-state index in [0.29, 0.717) is 18.5 Å². The minimum atomic E-state index is -3.62. The lowest BCUT2D eigenvalue weighted by Crippen LogP contribution is -2.38. The highest BCUT2D eigenvalue weighted by Crippen LogP contribution is 2.48. The average Bonchev–Trinajstić information content (AvgIpc) is 3.67. The fraction of sp³-hybridized carbons (Fsp3) is 0.207. The van der Waals surface area contributed by atoms with Gasteiger partial charge in [0, 0.05) is 0 Å². The quantitative estimate of drug-likeness (QED) is 0.280. The van der Waals surface area contributed by atoms with Crippen LogP contribution in [0.3, 0.4) is 0 Å². The van der Waals surface area contributed by atoms with Crippen molar-refractivity contribution < 1.29 is 22.7 Å². The molecular weight excluding hydrogens is 552 g/mol. The van der Waals surface area contributed by atoms with Crippen molar-refractivity contribution in [2.75, 3.05) is 11.6 Å². The molecule has 3 aromatic carbocycles. The van der Waals surface area contributed by atoms with E-state index in [-0.39, 0.29) is 10.8 Å². The van der Waals surface area contributed by atoms with E-state index in [2.05, 4.69) is 15.1 Å². The summed E-state index contributed by atoms with van der Waals surface area (Å²) in [6, 6.07) is 24.4. The Bertz CT molecular complexity index is 1650. The number of carbonyl (C=O) groups excluding carboxylic acids is 2. The number of hydrogen-bond donors (Lipinski definition) is 2. The molecule has 9 nitrogen and oxygen atoms in total. The Kier molecular flexibility index (Phi) is 7.39. The van der Waals surface area contributed by atoms with Crippen LogP contribution in [0.5, 0.6) is 0 Å². The molecule has 0 radical (unpaired) electrons. The molecule has 11 heteroatoms. The summed E-state index contributed by atoms with van der Waals surface area (Å²) in [5.74, 6) is -0.209. The molecule has 4 aromatic rings. The number of anilines is 1. The SMILES string of the molecule is CC(OC(=O)Nc1c(Cl)cnn1-c1ccc(-c2ccc(C3(C(=O)NS(C)(=O)=O)CC3)cc2)cc1)c1ccccc1. The molecule has 0 spiro atoms. The maximum absolute atomic E-state index is 12.6. The van der Waals surface area contributed by atoms with Crippen molar-refractivity contribution in [3.05, 3.63) is 101 Å². The van der Waals surface area contributed by atoms with E-state index in [4.69, 9.17) is 16.3 Å². The monoisotopic (exact) mass is 578 g/mol. The maximum atomic E-state index is 12.6. The van der Waals surface area contributed by atoms with Crippen LogP contribution in [0.1, 0.15) is 37.0 Å². The zero-order chi connectivity index (χ0) is 28.5. The highest BCUT2D eigenvalue weighted by Gasteiger charge is 2.52. The standard InChI is InChI=1S/C29H27ClN4O5S/c1-19(20-6-4-3-5-7-20)39-28(36)32-26-25(30)18-31-34(26)24-14-10-22(11-15-24)21-8-12-23(13-9-21)29(16-17-29)27(35)33-40(2,37)38/h3-15,18-19H,16-17H2,1-2H3,(H,32,36)(H,33,35). The molecule has 1 unspecified atom stereocenters. The molecule has 1 atom stereocenters. The number of amides is 2. The number of benzene rings is 3. The van der Waals surface area contributed by atoms with Crippen LogP contribution in [0.2, 0.25) is 5.02 Å². The summed E-state index contributed by atoms with van der Waals surface area (Å²) in [6.07, 6.45) is 2.51. The summed E-state index contributed by atoms with van der Waals surface area (Å²) in [5, 5.41) is 7.25. The van der Waals surface area contributed by atoms with Gasteiger partial charge in [-0.05, 0) is 54.2 Å². The highest BCUT2D eigenvalue weighted by molar-refractivity contribution is 7.89. The molecular formula is C29H27ClN4O5S. The summed E-state index contributed by atoms with van der Waals surface area (Å²) >= 11 is 6.32. The number of carbonyl (C=O) groups is 2. The molecule has 1 aliphatic carbocycles. The fourth-order valence-corrected chi connectivity index (χ4v) is 5.23. The highest BCUT2D eigenvalue weighted by atomic mass is 35.5. The van der Waals surface area contributed by atoms with Gasteiger partial charge in [-0.2, -0.15) is 5.10 Å². The Morgan fingerprint density at radius 3 is 2.15 bits per heavy atom. The maximum Gasteiger partial charge on any atom is 0.413 e. The van der Waals surface area contributed by atoms with E-state index in [9.17, 15) is 18.0 Å². The van der Waals surface area contributed by atoms with Gasteiger partial charge in [-0.15, -0.1) is 0 Å². The van der Waals surface area contributed by atoms with E-state index < -0.39 is 33.5 Å². The molecule has 2 amide bonds. The first-order chi connectivity index (χ1) is 19.1. The van der Waals surface area contributed by atoms with Crippen LogP contribution in [0.15, 0.2) is 85.1 Å². The molecule has 40 heavy (non-hydrogen) atoms. The molecule has 206 valence electrons. The second kappa shape index (κ2) is 10.8. The Balaban J connectivity index is 1.29. The Morgan fingerprint density at radius 2 is 1.57 bits per heavy atom. The van der Waals surface area contributed by atoms with Gasteiger partial charge in [0.1, 0.15) is 11.1 Å². The minimum Gasteiger partial charge on any atom is -0.441 e. The molecule has 1 heterocycles. The van der Waals surface area contributed by atoms with Crippen molar-refractivity contribution in [3.8, 4) is 16.8 Å². The number of aromatic nitrogens is 2. The second-order valence-electron chi connectivity index (χ2n) is 9.75. The lowest BCUT2D eigenvalue weighted by molar-refractivity contribution is -0.121. The predicted octanol–water partition coefficient (Wildman–Crippen LogP) is 5.61. The van der Waals surface area contributed by atoms with Gasteiger partial charge in [-0.3, -0.25) is 14.8 Å². The molecule has 0 bridgehead atoms. The molecule has 1 aliphatic rings.